The van der Waals surface area contributed by atoms with Gasteiger partial charge in [-0.1, -0.05) is 29.8 Å². The number of aromatic nitrogens is 1. The average molecular weight is 536 g/mol. The maximum atomic E-state index is 13.0. The van der Waals surface area contributed by atoms with Gasteiger partial charge in [-0.05, 0) is 55.3 Å². The van der Waals surface area contributed by atoms with Crippen molar-refractivity contribution >= 4 is 45.9 Å². The number of carbonyl (C=O) groups is 1. The minimum atomic E-state index is -4.54. The first-order valence-electron chi connectivity index (χ1n) is 11.4. The van der Waals surface area contributed by atoms with Gasteiger partial charge in [-0.15, -0.1) is 11.8 Å². The second kappa shape index (κ2) is 11.1. The van der Waals surface area contributed by atoms with Crippen LogP contribution in [0.25, 0.3) is 10.9 Å². The third-order valence-electron chi connectivity index (χ3n) is 5.81. The van der Waals surface area contributed by atoms with E-state index >= 15 is 0 Å². The molecule has 0 saturated heterocycles. The molecule has 1 unspecified atom stereocenters. The molecule has 1 aromatic heterocycles. The number of rotatable bonds is 10. The minimum absolute atomic E-state index is 0.0356. The summed E-state index contributed by atoms with van der Waals surface area (Å²) in [7, 11) is 0. The maximum absolute atomic E-state index is 13.0. The summed E-state index contributed by atoms with van der Waals surface area (Å²) in [6.07, 6.45) is -2.00. The van der Waals surface area contributed by atoms with Crippen LogP contribution < -0.4 is 5.32 Å². The molecule has 2 N–H and O–H groups in total. The molecule has 1 amide bonds. The predicted molar refractivity (Wildman–Crippen MR) is 137 cm³/mol. The van der Waals surface area contributed by atoms with E-state index in [1.807, 2.05) is 42.5 Å². The fraction of sp³-hybridized carbons (Fsp3) is 0.308. The van der Waals surface area contributed by atoms with Crippen molar-refractivity contribution in [3.05, 3.63) is 77.5 Å². The zero-order valence-corrected chi connectivity index (χ0v) is 20.8. The van der Waals surface area contributed by atoms with E-state index in [9.17, 15) is 23.1 Å². The van der Waals surface area contributed by atoms with Gasteiger partial charge in [0.15, 0.2) is 5.72 Å². The van der Waals surface area contributed by atoms with E-state index in [4.69, 9.17) is 11.6 Å². The van der Waals surface area contributed by atoms with Crippen LogP contribution in [0.3, 0.4) is 0 Å². The highest BCUT2D eigenvalue weighted by atomic mass is 35.5. The molecular weight excluding hydrogens is 511 g/mol. The number of nitrogens with zero attached hydrogens (tertiary/aromatic N) is 2. The van der Waals surface area contributed by atoms with Gasteiger partial charge < -0.3 is 15.3 Å². The molecule has 0 bridgehead atoms. The molecule has 5 nitrogen and oxygen atoms in total. The molecular formula is C26H25ClF3N3O2S. The molecule has 2 heterocycles. The molecule has 0 aliphatic carbocycles. The number of pyridine rings is 1. The standard InChI is InChI=1S/C26H25ClF3N3O2S/c27-19-8-9-21-22(10-12-32-23(21)14-19)31-11-4-5-13-33-24(34)18(16-26(28,29)30)15-25(33,35)17-36-20-6-2-1-3-7-20/h1-3,6-10,12,14-15,35H,4-5,11,13,16-17H2,(H,31,32). The molecule has 0 fully saturated rings. The summed E-state index contributed by atoms with van der Waals surface area (Å²) in [5, 5.41) is 16.1. The van der Waals surface area contributed by atoms with Gasteiger partial charge >= 0.3 is 6.18 Å². The molecule has 0 saturated carbocycles. The Morgan fingerprint density at radius 1 is 1.11 bits per heavy atom. The zero-order valence-electron chi connectivity index (χ0n) is 19.3. The van der Waals surface area contributed by atoms with Crippen molar-refractivity contribution in [2.75, 3.05) is 24.2 Å². The van der Waals surface area contributed by atoms with Gasteiger partial charge in [0.2, 0.25) is 0 Å². The molecule has 1 aliphatic rings. The van der Waals surface area contributed by atoms with Crippen LogP contribution in [0.2, 0.25) is 5.02 Å². The van der Waals surface area contributed by atoms with Crippen molar-refractivity contribution in [2.45, 2.75) is 36.1 Å². The second-order valence-electron chi connectivity index (χ2n) is 8.55. The summed E-state index contributed by atoms with van der Waals surface area (Å²) < 4.78 is 39.1. The van der Waals surface area contributed by atoms with Crippen LogP contribution in [-0.2, 0) is 4.79 Å². The number of benzene rings is 2. The lowest BCUT2D eigenvalue weighted by atomic mass is 10.1. The second-order valence-corrected chi connectivity index (χ2v) is 10.0. The van der Waals surface area contributed by atoms with Gasteiger partial charge in [-0.2, -0.15) is 13.2 Å². The Morgan fingerprint density at radius 2 is 1.89 bits per heavy atom. The molecule has 3 aromatic rings. The first-order chi connectivity index (χ1) is 17.1. The quantitative estimate of drug-likeness (QED) is 0.236. The molecule has 2 aromatic carbocycles. The van der Waals surface area contributed by atoms with Crippen LogP contribution in [0.15, 0.2) is 77.3 Å². The number of alkyl halides is 3. The number of halogens is 4. The van der Waals surface area contributed by atoms with Crippen LogP contribution in [0, 0.1) is 0 Å². The van der Waals surface area contributed by atoms with Crippen LogP contribution >= 0.6 is 23.4 Å². The fourth-order valence-electron chi connectivity index (χ4n) is 4.12. The Balaban J connectivity index is 1.38. The number of nitrogens with one attached hydrogen (secondary N) is 1. The number of hydrogen-bond acceptors (Lipinski definition) is 5. The van der Waals surface area contributed by atoms with Crippen molar-refractivity contribution < 1.29 is 23.1 Å². The Morgan fingerprint density at radius 3 is 2.64 bits per heavy atom. The SMILES string of the molecule is O=C1C(CC(F)(F)F)=CC(O)(CSc2ccccc2)N1CCCCNc1ccnc2cc(Cl)ccc12. The largest absolute Gasteiger partial charge is 0.393 e. The number of fused-ring (bicyclic) bond motifs is 1. The smallest absolute Gasteiger partial charge is 0.384 e. The third kappa shape index (κ3) is 6.52. The Bertz CT molecular complexity index is 1260. The van der Waals surface area contributed by atoms with E-state index in [-0.39, 0.29) is 12.3 Å². The number of anilines is 1. The highest BCUT2D eigenvalue weighted by Gasteiger charge is 2.46. The highest BCUT2D eigenvalue weighted by Crippen LogP contribution is 2.37. The molecule has 1 atom stereocenters. The Labute approximate surface area is 216 Å². The van der Waals surface area contributed by atoms with E-state index in [0.717, 1.165) is 32.5 Å². The van der Waals surface area contributed by atoms with E-state index in [1.54, 1.807) is 18.3 Å². The van der Waals surface area contributed by atoms with Gasteiger partial charge in [-0.25, -0.2) is 0 Å². The molecule has 10 heteroatoms. The molecule has 190 valence electrons. The summed E-state index contributed by atoms with van der Waals surface area (Å²) in [5.41, 5.74) is -0.552. The molecule has 1 aliphatic heterocycles. The van der Waals surface area contributed by atoms with Crippen LogP contribution in [0.5, 0.6) is 0 Å². The number of unbranched alkanes of at least 4 members (excludes halogenated alkanes) is 1. The zero-order chi connectivity index (χ0) is 25.8. The number of thioether (sulfide) groups is 1. The van der Waals surface area contributed by atoms with Crippen molar-refractivity contribution in [1.82, 2.24) is 9.88 Å². The summed E-state index contributed by atoms with van der Waals surface area (Å²) in [5.74, 6) is -0.734. The van der Waals surface area contributed by atoms with Crippen molar-refractivity contribution in [3.63, 3.8) is 0 Å². The number of hydrogen-bond donors (Lipinski definition) is 2. The first kappa shape index (κ1) is 26.3. The average Bonchev–Trinajstić information content (AvgIpc) is 3.06. The van der Waals surface area contributed by atoms with Crippen molar-refractivity contribution in [3.8, 4) is 0 Å². The molecule has 36 heavy (non-hydrogen) atoms. The lowest BCUT2D eigenvalue weighted by molar-refractivity contribution is -0.145. The molecule has 0 radical (unpaired) electrons. The van der Waals surface area contributed by atoms with Gasteiger partial charge in [0.25, 0.3) is 5.91 Å². The Hall–Kier alpha value is -2.75. The van der Waals surface area contributed by atoms with Gasteiger partial charge in [-0.3, -0.25) is 9.78 Å². The summed E-state index contributed by atoms with van der Waals surface area (Å²) in [6, 6.07) is 16.5. The maximum Gasteiger partial charge on any atom is 0.393 e. The van der Waals surface area contributed by atoms with E-state index in [1.165, 1.54) is 11.8 Å². The number of amides is 1. The third-order valence-corrected chi connectivity index (χ3v) is 7.22. The molecule has 4 rings (SSSR count). The topological polar surface area (TPSA) is 65.5 Å². The normalized spacial score (nSPS) is 18.1. The highest BCUT2D eigenvalue weighted by molar-refractivity contribution is 7.99. The van der Waals surface area contributed by atoms with Gasteiger partial charge in [0.05, 0.1) is 17.7 Å². The fourth-order valence-corrected chi connectivity index (χ4v) is 5.26. The Kier molecular flexibility index (Phi) is 8.12. The van der Waals surface area contributed by atoms with E-state index < -0.39 is 29.8 Å². The van der Waals surface area contributed by atoms with Crippen LogP contribution in [0.1, 0.15) is 19.3 Å². The number of aliphatic hydroxyl groups is 1. The lowest BCUT2D eigenvalue weighted by Crippen LogP contribution is -2.49. The van der Waals surface area contributed by atoms with Crippen LogP contribution in [-0.4, -0.2) is 51.6 Å². The van der Waals surface area contributed by atoms with Crippen molar-refractivity contribution in [1.29, 1.82) is 0 Å². The van der Waals surface area contributed by atoms with E-state index in [2.05, 4.69) is 10.3 Å². The summed E-state index contributed by atoms with van der Waals surface area (Å²) >= 11 is 7.32. The summed E-state index contributed by atoms with van der Waals surface area (Å²) in [4.78, 5) is 19.1. The molecule has 0 spiro atoms. The number of carbonyl (C=O) groups excluding carboxylic acids is 1. The predicted octanol–water partition coefficient (Wildman–Crippen LogP) is 6.28. The monoisotopic (exact) mass is 535 g/mol. The van der Waals surface area contributed by atoms with E-state index in [0.29, 0.717) is 24.4 Å². The van der Waals surface area contributed by atoms with Gasteiger partial charge in [0, 0.05) is 45.9 Å². The summed E-state index contributed by atoms with van der Waals surface area (Å²) in [6.45, 7) is 0.709. The lowest BCUT2D eigenvalue weighted by Gasteiger charge is -2.33. The van der Waals surface area contributed by atoms with Crippen LogP contribution in [0.4, 0.5) is 18.9 Å². The minimum Gasteiger partial charge on any atom is -0.384 e. The van der Waals surface area contributed by atoms with Crippen molar-refractivity contribution in [2.24, 2.45) is 0 Å². The van der Waals surface area contributed by atoms with Gasteiger partial charge in [0.1, 0.15) is 0 Å². The first-order valence-corrected chi connectivity index (χ1v) is 12.8.